The normalized spacial score (nSPS) is 16.1. The van der Waals surface area contributed by atoms with Gasteiger partial charge in [0.2, 0.25) is 0 Å². The third kappa shape index (κ3) is 10.1. The van der Waals surface area contributed by atoms with E-state index >= 15 is 0 Å². The van der Waals surface area contributed by atoms with Crippen LogP contribution in [0.15, 0.2) is 35.3 Å². The number of unbranched alkanes of at least 4 members (excludes halogenated alkanes) is 1. The van der Waals surface area contributed by atoms with E-state index in [1.807, 2.05) is 6.07 Å². The summed E-state index contributed by atoms with van der Waals surface area (Å²) in [5.41, 5.74) is 1.23. The molecule has 0 bridgehead atoms. The van der Waals surface area contributed by atoms with E-state index in [2.05, 4.69) is 60.6 Å². The Hall–Kier alpha value is -0.860. The quantitative estimate of drug-likeness (QED) is 0.220. The van der Waals surface area contributed by atoms with Gasteiger partial charge < -0.3 is 20.3 Å². The minimum absolute atomic E-state index is 0. The van der Waals surface area contributed by atoms with Gasteiger partial charge in [0.15, 0.2) is 5.96 Å². The lowest BCUT2D eigenvalue weighted by Crippen LogP contribution is -2.49. The summed E-state index contributed by atoms with van der Waals surface area (Å²) >= 11 is 0. The van der Waals surface area contributed by atoms with Gasteiger partial charge in [-0.05, 0) is 52.0 Å². The fourth-order valence-electron chi connectivity index (χ4n) is 3.34. The molecule has 0 radical (unpaired) electrons. The molecule has 1 aliphatic heterocycles. The first-order valence-corrected chi connectivity index (χ1v) is 10.6. The highest BCUT2D eigenvalue weighted by Crippen LogP contribution is 2.12. The fourth-order valence-corrected chi connectivity index (χ4v) is 3.34. The number of halogens is 1. The molecule has 1 saturated heterocycles. The first kappa shape index (κ1) is 25.2. The van der Waals surface area contributed by atoms with Gasteiger partial charge in [-0.15, -0.1) is 24.0 Å². The monoisotopic (exact) mass is 502 g/mol. The predicted octanol–water partition coefficient (Wildman–Crippen LogP) is 4.03. The summed E-state index contributed by atoms with van der Waals surface area (Å²) in [5, 5.41) is 7.00. The van der Waals surface area contributed by atoms with Gasteiger partial charge in [-0.1, -0.05) is 30.3 Å². The lowest BCUT2D eigenvalue weighted by molar-refractivity contribution is 0.117. The Morgan fingerprint density at radius 3 is 2.54 bits per heavy atom. The van der Waals surface area contributed by atoms with Crippen LogP contribution in [0.3, 0.4) is 0 Å². The van der Waals surface area contributed by atoms with Crippen molar-refractivity contribution in [3.63, 3.8) is 0 Å². The van der Waals surface area contributed by atoms with E-state index in [9.17, 15) is 0 Å². The zero-order valence-corrected chi connectivity index (χ0v) is 20.2. The number of likely N-dealkylation sites (tertiary alicyclic amines) is 1. The Morgan fingerprint density at radius 2 is 1.89 bits per heavy atom. The number of hydrogen-bond donors (Lipinski definition) is 2. The molecule has 0 aliphatic carbocycles. The van der Waals surface area contributed by atoms with Crippen molar-refractivity contribution >= 4 is 29.9 Å². The summed E-state index contributed by atoms with van der Waals surface area (Å²) in [6.07, 6.45) is 4.48. The maximum Gasteiger partial charge on any atom is 0.191 e. The largest absolute Gasteiger partial charge is 0.377 e. The minimum atomic E-state index is 0. The number of aliphatic imine (C=N–C) groups is 1. The molecule has 0 saturated carbocycles. The van der Waals surface area contributed by atoms with E-state index in [1.165, 1.54) is 31.5 Å². The topological polar surface area (TPSA) is 48.9 Å². The van der Waals surface area contributed by atoms with Gasteiger partial charge in [-0.25, -0.2) is 0 Å². The number of guanidine groups is 1. The summed E-state index contributed by atoms with van der Waals surface area (Å²) in [5.74, 6) is 0.964. The number of piperidine rings is 1. The highest BCUT2D eigenvalue weighted by Gasteiger charge is 2.21. The minimum Gasteiger partial charge on any atom is -0.377 e. The van der Waals surface area contributed by atoms with Gasteiger partial charge in [0.05, 0.1) is 6.61 Å². The second-order valence-corrected chi connectivity index (χ2v) is 7.55. The van der Waals surface area contributed by atoms with Crippen molar-refractivity contribution in [2.75, 3.05) is 32.8 Å². The molecule has 0 aromatic heterocycles. The third-order valence-electron chi connectivity index (χ3n) is 5.02. The number of ether oxygens (including phenoxy) is 1. The molecule has 160 valence electrons. The second kappa shape index (κ2) is 15.0. The number of nitrogens with zero attached hydrogens (tertiary/aromatic N) is 2. The van der Waals surface area contributed by atoms with Crippen LogP contribution in [-0.2, 0) is 11.3 Å². The van der Waals surface area contributed by atoms with E-state index in [-0.39, 0.29) is 24.0 Å². The van der Waals surface area contributed by atoms with E-state index < -0.39 is 0 Å². The maximum atomic E-state index is 5.74. The third-order valence-corrected chi connectivity index (χ3v) is 5.02. The fraction of sp³-hybridized carbons (Fsp3) is 0.682. The summed E-state index contributed by atoms with van der Waals surface area (Å²) in [7, 11) is 0. The standard InChI is InChI=1S/C22H38N4O.HI/c1-4-23-22(25-21-12-15-26(16-13-21)19(2)3)24-14-8-9-17-27-18-20-10-6-5-7-11-20;/h5-7,10-11,19,21H,4,8-9,12-18H2,1-3H3,(H2,23,24,25);1H. The predicted molar refractivity (Wildman–Crippen MR) is 130 cm³/mol. The highest BCUT2D eigenvalue weighted by molar-refractivity contribution is 14.0. The van der Waals surface area contributed by atoms with Crippen molar-refractivity contribution in [3.05, 3.63) is 35.9 Å². The van der Waals surface area contributed by atoms with E-state index in [0.717, 1.165) is 38.5 Å². The molecule has 6 heteroatoms. The van der Waals surface area contributed by atoms with Crippen molar-refractivity contribution < 1.29 is 4.74 Å². The molecular formula is C22H39IN4O. The number of hydrogen-bond acceptors (Lipinski definition) is 3. The van der Waals surface area contributed by atoms with Crippen molar-refractivity contribution in [2.24, 2.45) is 4.99 Å². The van der Waals surface area contributed by atoms with Crippen molar-refractivity contribution in [2.45, 2.75) is 65.1 Å². The number of nitrogens with one attached hydrogen (secondary N) is 2. The van der Waals surface area contributed by atoms with Gasteiger partial charge >= 0.3 is 0 Å². The van der Waals surface area contributed by atoms with Crippen molar-refractivity contribution in [1.82, 2.24) is 15.5 Å². The molecule has 1 aromatic rings. The molecule has 5 nitrogen and oxygen atoms in total. The molecule has 28 heavy (non-hydrogen) atoms. The molecule has 0 spiro atoms. The Labute approximate surface area is 188 Å². The Bertz CT molecular complexity index is 531. The van der Waals surface area contributed by atoms with Gasteiger partial charge in [0, 0.05) is 44.9 Å². The van der Waals surface area contributed by atoms with Crippen LogP contribution in [0.2, 0.25) is 0 Å². The molecule has 0 atom stereocenters. The molecule has 1 fully saturated rings. The Kier molecular flexibility index (Phi) is 13.5. The van der Waals surface area contributed by atoms with Gasteiger partial charge in [0.1, 0.15) is 0 Å². The molecule has 0 amide bonds. The Balaban J connectivity index is 0.00000392. The van der Waals surface area contributed by atoms with Crippen LogP contribution < -0.4 is 10.6 Å². The summed E-state index contributed by atoms with van der Waals surface area (Å²) in [4.78, 5) is 7.30. The average Bonchev–Trinajstić information content (AvgIpc) is 2.68. The van der Waals surface area contributed by atoms with Gasteiger partial charge in [-0.3, -0.25) is 4.99 Å². The lowest BCUT2D eigenvalue weighted by atomic mass is 10.0. The van der Waals surface area contributed by atoms with Crippen LogP contribution in [-0.4, -0.2) is 55.7 Å². The van der Waals surface area contributed by atoms with E-state index in [4.69, 9.17) is 9.73 Å². The lowest BCUT2D eigenvalue weighted by Gasteiger charge is -2.35. The number of benzene rings is 1. The molecule has 1 aromatic carbocycles. The van der Waals surface area contributed by atoms with Crippen LogP contribution in [0, 0.1) is 0 Å². The summed E-state index contributed by atoms with van der Waals surface area (Å²) in [6.45, 7) is 12.3. The first-order valence-electron chi connectivity index (χ1n) is 10.6. The molecule has 0 unspecified atom stereocenters. The smallest absolute Gasteiger partial charge is 0.191 e. The zero-order chi connectivity index (χ0) is 19.3. The van der Waals surface area contributed by atoms with Crippen LogP contribution in [0.1, 0.15) is 52.0 Å². The molecule has 2 N–H and O–H groups in total. The first-order chi connectivity index (χ1) is 13.2. The molecular weight excluding hydrogens is 463 g/mol. The highest BCUT2D eigenvalue weighted by atomic mass is 127. The second-order valence-electron chi connectivity index (χ2n) is 7.55. The number of rotatable bonds is 10. The van der Waals surface area contributed by atoms with Gasteiger partial charge in [-0.2, -0.15) is 0 Å². The average molecular weight is 502 g/mol. The molecule has 2 rings (SSSR count). The van der Waals surface area contributed by atoms with Crippen molar-refractivity contribution in [1.29, 1.82) is 0 Å². The van der Waals surface area contributed by atoms with Crippen LogP contribution in [0.4, 0.5) is 0 Å². The zero-order valence-electron chi connectivity index (χ0n) is 17.8. The van der Waals surface area contributed by atoms with Crippen LogP contribution >= 0.6 is 24.0 Å². The Morgan fingerprint density at radius 1 is 1.18 bits per heavy atom. The van der Waals surface area contributed by atoms with Crippen molar-refractivity contribution in [3.8, 4) is 0 Å². The molecule has 1 aliphatic rings. The van der Waals surface area contributed by atoms with E-state index in [0.29, 0.717) is 18.7 Å². The summed E-state index contributed by atoms with van der Waals surface area (Å²) < 4.78 is 5.74. The van der Waals surface area contributed by atoms with Crippen LogP contribution in [0.5, 0.6) is 0 Å². The maximum absolute atomic E-state index is 5.74. The van der Waals surface area contributed by atoms with Crippen LogP contribution in [0.25, 0.3) is 0 Å². The summed E-state index contributed by atoms with van der Waals surface area (Å²) in [6, 6.07) is 11.5. The van der Waals surface area contributed by atoms with Gasteiger partial charge in [0.25, 0.3) is 0 Å². The molecule has 1 heterocycles. The van der Waals surface area contributed by atoms with E-state index in [1.54, 1.807) is 0 Å². The SMILES string of the molecule is CCNC(=NCCCCOCc1ccccc1)NC1CCN(C(C)C)CC1.I.